The molecule has 0 N–H and O–H groups in total. The van der Waals surface area contributed by atoms with Crippen LogP contribution in [-0.2, 0) is 18.9 Å². The standard InChI is InChI=1S/C26H38N/c1-19(2)16-21-8-11-24(27(7)18-21)23-10-9-22(17-20(23)3)26(6)14-12-25(4,5)13-15-26/h8-11,17-19H,12-16H2,1-7H3/q+1. The number of aromatic nitrogens is 1. The van der Waals surface area contributed by atoms with Crippen molar-refractivity contribution in [1.29, 1.82) is 0 Å². The zero-order valence-corrected chi connectivity index (χ0v) is 18.5. The second-order valence-corrected chi connectivity index (χ2v) is 10.4. The molecule has 1 heterocycles. The van der Waals surface area contributed by atoms with E-state index in [9.17, 15) is 0 Å². The van der Waals surface area contributed by atoms with Crippen LogP contribution in [0.4, 0.5) is 0 Å². The Morgan fingerprint density at radius 1 is 0.963 bits per heavy atom. The van der Waals surface area contributed by atoms with Crippen LogP contribution >= 0.6 is 0 Å². The Kier molecular flexibility index (Phi) is 5.52. The van der Waals surface area contributed by atoms with Gasteiger partial charge in [0, 0.05) is 17.2 Å². The van der Waals surface area contributed by atoms with Crippen LogP contribution in [0.15, 0.2) is 36.5 Å². The molecule has 1 saturated carbocycles. The Morgan fingerprint density at radius 2 is 1.63 bits per heavy atom. The molecule has 1 aliphatic rings. The van der Waals surface area contributed by atoms with Gasteiger partial charge < -0.3 is 0 Å². The van der Waals surface area contributed by atoms with Gasteiger partial charge in [-0.15, -0.1) is 0 Å². The van der Waals surface area contributed by atoms with Gasteiger partial charge in [-0.3, -0.25) is 0 Å². The van der Waals surface area contributed by atoms with Gasteiger partial charge in [-0.2, -0.15) is 0 Å². The van der Waals surface area contributed by atoms with E-state index in [1.807, 2.05) is 0 Å². The summed E-state index contributed by atoms with van der Waals surface area (Å²) in [5.41, 5.74) is 7.85. The van der Waals surface area contributed by atoms with Crippen molar-refractivity contribution in [3.63, 3.8) is 0 Å². The van der Waals surface area contributed by atoms with E-state index in [1.54, 1.807) is 0 Å². The number of benzene rings is 1. The molecular formula is C26H38N+. The lowest BCUT2D eigenvalue weighted by Crippen LogP contribution is -2.33. The van der Waals surface area contributed by atoms with Crippen LogP contribution in [0.3, 0.4) is 0 Å². The van der Waals surface area contributed by atoms with E-state index in [4.69, 9.17) is 0 Å². The van der Waals surface area contributed by atoms with Crippen molar-refractivity contribution in [2.45, 2.75) is 79.1 Å². The minimum absolute atomic E-state index is 0.335. The number of hydrogen-bond acceptors (Lipinski definition) is 0. The molecule has 0 bridgehead atoms. The molecule has 146 valence electrons. The molecule has 0 radical (unpaired) electrons. The smallest absolute Gasteiger partial charge is 0.201 e. The Hall–Kier alpha value is -1.63. The van der Waals surface area contributed by atoms with Crippen molar-refractivity contribution in [2.24, 2.45) is 18.4 Å². The highest BCUT2D eigenvalue weighted by atomic mass is 14.9. The first kappa shape index (κ1) is 20.1. The van der Waals surface area contributed by atoms with E-state index >= 15 is 0 Å². The molecule has 0 spiro atoms. The van der Waals surface area contributed by atoms with Crippen LogP contribution in [0.1, 0.15) is 77.0 Å². The van der Waals surface area contributed by atoms with Gasteiger partial charge in [-0.1, -0.05) is 46.8 Å². The van der Waals surface area contributed by atoms with Gasteiger partial charge in [-0.25, -0.2) is 4.57 Å². The minimum Gasteiger partial charge on any atom is -0.201 e. The summed E-state index contributed by atoms with van der Waals surface area (Å²) in [7, 11) is 2.18. The van der Waals surface area contributed by atoms with Crippen molar-refractivity contribution in [3.8, 4) is 11.3 Å². The van der Waals surface area contributed by atoms with Gasteiger partial charge in [0.2, 0.25) is 5.69 Å². The van der Waals surface area contributed by atoms with Crippen molar-refractivity contribution >= 4 is 0 Å². The van der Waals surface area contributed by atoms with Gasteiger partial charge >= 0.3 is 0 Å². The Bertz CT molecular complexity index is 803. The molecule has 27 heavy (non-hydrogen) atoms. The number of rotatable bonds is 4. The van der Waals surface area contributed by atoms with Crippen LogP contribution in [-0.4, -0.2) is 0 Å². The molecule has 0 unspecified atom stereocenters. The highest BCUT2D eigenvalue weighted by Gasteiger charge is 2.36. The van der Waals surface area contributed by atoms with E-state index in [-0.39, 0.29) is 0 Å². The number of pyridine rings is 1. The molecule has 1 aromatic carbocycles. The normalized spacial score (nSPS) is 18.7. The molecule has 0 amide bonds. The molecular weight excluding hydrogens is 326 g/mol. The average Bonchev–Trinajstić information content (AvgIpc) is 2.58. The first-order chi connectivity index (χ1) is 12.6. The lowest BCUT2D eigenvalue weighted by Gasteiger charge is -2.42. The SMILES string of the molecule is Cc1cc(C2(C)CCC(C)(C)CC2)ccc1-c1ccc(CC(C)C)c[n+]1C. The molecule has 0 atom stereocenters. The summed E-state index contributed by atoms with van der Waals surface area (Å²) in [5, 5.41) is 0. The summed E-state index contributed by atoms with van der Waals surface area (Å²) in [4.78, 5) is 0. The van der Waals surface area contributed by atoms with Gasteiger partial charge in [0.25, 0.3) is 0 Å². The van der Waals surface area contributed by atoms with E-state index in [0.717, 1.165) is 6.42 Å². The molecule has 1 aromatic heterocycles. The fourth-order valence-electron chi connectivity index (χ4n) is 4.63. The number of hydrogen-bond donors (Lipinski definition) is 0. The maximum absolute atomic E-state index is 2.47. The highest BCUT2D eigenvalue weighted by Crippen LogP contribution is 2.46. The zero-order chi connectivity index (χ0) is 19.8. The van der Waals surface area contributed by atoms with E-state index < -0.39 is 0 Å². The first-order valence-corrected chi connectivity index (χ1v) is 10.7. The van der Waals surface area contributed by atoms with Gasteiger partial charge in [0.15, 0.2) is 6.20 Å². The topological polar surface area (TPSA) is 3.88 Å². The largest absolute Gasteiger partial charge is 0.212 e. The average molecular weight is 365 g/mol. The molecule has 1 fully saturated rings. The lowest BCUT2D eigenvalue weighted by atomic mass is 9.63. The molecule has 1 aliphatic carbocycles. The highest BCUT2D eigenvalue weighted by molar-refractivity contribution is 5.62. The molecule has 1 nitrogen and oxygen atoms in total. The lowest BCUT2D eigenvalue weighted by molar-refractivity contribution is -0.660. The van der Waals surface area contributed by atoms with Crippen molar-refractivity contribution in [3.05, 3.63) is 53.2 Å². The van der Waals surface area contributed by atoms with Crippen LogP contribution in [0, 0.1) is 18.3 Å². The second kappa shape index (κ2) is 7.41. The summed E-state index contributed by atoms with van der Waals surface area (Å²) in [5.74, 6) is 0.693. The first-order valence-electron chi connectivity index (χ1n) is 10.7. The van der Waals surface area contributed by atoms with Gasteiger partial charge in [-0.05, 0) is 79.0 Å². The summed E-state index contributed by atoms with van der Waals surface area (Å²) in [6, 6.07) is 11.8. The van der Waals surface area contributed by atoms with Crippen LogP contribution in [0.2, 0.25) is 0 Å². The van der Waals surface area contributed by atoms with Gasteiger partial charge in [0.05, 0.1) is 0 Å². The van der Waals surface area contributed by atoms with Gasteiger partial charge in [0.1, 0.15) is 7.05 Å². The fraction of sp³-hybridized carbons (Fsp3) is 0.577. The number of aryl methyl sites for hydroxylation is 2. The van der Waals surface area contributed by atoms with E-state index in [0.29, 0.717) is 16.7 Å². The van der Waals surface area contributed by atoms with E-state index in [1.165, 1.54) is 53.6 Å². The van der Waals surface area contributed by atoms with Crippen molar-refractivity contribution in [1.82, 2.24) is 0 Å². The third-order valence-corrected chi connectivity index (χ3v) is 6.75. The fourth-order valence-corrected chi connectivity index (χ4v) is 4.63. The number of nitrogens with zero attached hydrogens (tertiary/aromatic N) is 1. The maximum atomic E-state index is 2.47. The summed E-state index contributed by atoms with van der Waals surface area (Å²) < 4.78 is 2.30. The Morgan fingerprint density at radius 3 is 2.19 bits per heavy atom. The minimum atomic E-state index is 0.335. The third kappa shape index (κ3) is 4.45. The Labute approximate surface area is 166 Å². The predicted octanol–water partition coefficient (Wildman–Crippen LogP) is 6.54. The summed E-state index contributed by atoms with van der Waals surface area (Å²) in [6.45, 7) is 14.1. The molecule has 0 aliphatic heterocycles. The molecule has 0 saturated heterocycles. The van der Waals surface area contributed by atoms with E-state index in [2.05, 4.69) is 89.7 Å². The quantitative estimate of drug-likeness (QED) is 0.542. The third-order valence-electron chi connectivity index (χ3n) is 6.75. The van der Waals surface area contributed by atoms with Crippen molar-refractivity contribution < 1.29 is 4.57 Å². The maximum Gasteiger partial charge on any atom is 0.212 e. The van der Waals surface area contributed by atoms with Crippen LogP contribution in [0.25, 0.3) is 11.3 Å². The Balaban J connectivity index is 1.87. The summed E-state index contributed by atoms with van der Waals surface area (Å²) in [6.07, 6.45) is 8.70. The zero-order valence-electron chi connectivity index (χ0n) is 18.5. The van der Waals surface area contributed by atoms with Crippen molar-refractivity contribution in [2.75, 3.05) is 0 Å². The molecule has 2 aromatic rings. The molecule has 3 rings (SSSR count). The molecule has 1 heteroatoms. The second-order valence-electron chi connectivity index (χ2n) is 10.4. The predicted molar refractivity (Wildman–Crippen MR) is 116 cm³/mol. The van der Waals surface area contributed by atoms with Crippen LogP contribution in [0.5, 0.6) is 0 Å². The van der Waals surface area contributed by atoms with Crippen LogP contribution < -0.4 is 4.57 Å². The summed E-state index contributed by atoms with van der Waals surface area (Å²) >= 11 is 0. The monoisotopic (exact) mass is 364 g/mol.